The Morgan fingerprint density at radius 1 is 0.911 bits per heavy atom. The summed E-state index contributed by atoms with van der Waals surface area (Å²) in [5.74, 6) is -2.80. The van der Waals surface area contributed by atoms with Crippen LogP contribution >= 0.6 is 39.0 Å². The average Bonchev–Trinajstić information content (AvgIpc) is 3.48. The smallest absolute Gasteiger partial charge is 0.308 e. The van der Waals surface area contributed by atoms with Gasteiger partial charge in [-0.1, -0.05) is 87.6 Å². The Morgan fingerprint density at radius 2 is 1.62 bits per heavy atom. The maximum atomic E-state index is 14.0. The van der Waals surface area contributed by atoms with Gasteiger partial charge in [-0.25, -0.2) is 4.90 Å². The number of nitro benzene ring substituents is 1. The van der Waals surface area contributed by atoms with Gasteiger partial charge >= 0.3 is 4.87 Å². The molecular weight excluding hydrogens is 680 g/mol. The van der Waals surface area contributed by atoms with Gasteiger partial charge in [0.05, 0.1) is 21.6 Å². The van der Waals surface area contributed by atoms with Crippen LogP contribution in [0.1, 0.15) is 16.4 Å². The number of hydrogen-bond acceptors (Lipinski definition) is 8. The minimum absolute atomic E-state index is 0.162. The van der Waals surface area contributed by atoms with Crippen molar-refractivity contribution in [3.63, 3.8) is 0 Å². The van der Waals surface area contributed by atoms with Crippen LogP contribution < -0.4 is 15.1 Å². The number of nitrogens with one attached hydrogen (secondary N) is 1. The number of halogens is 1. The van der Waals surface area contributed by atoms with Gasteiger partial charge in [-0.3, -0.25) is 33.9 Å². The van der Waals surface area contributed by atoms with Crippen molar-refractivity contribution in [2.24, 2.45) is 5.92 Å². The minimum atomic E-state index is -0.879. The molecule has 2 aliphatic heterocycles. The van der Waals surface area contributed by atoms with Gasteiger partial charge in [-0.05, 0) is 41.3 Å². The Bertz CT molecular complexity index is 2090. The Morgan fingerprint density at radius 3 is 2.36 bits per heavy atom. The lowest BCUT2D eigenvalue weighted by molar-refractivity contribution is -0.384. The van der Waals surface area contributed by atoms with Crippen LogP contribution in [0.2, 0.25) is 0 Å². The highest BCUT2D eigenvalue weighted by Crippen LogP contribution is 2.54. The van der Waals surface area contributed by atoms with Crippen LogP contribution in [0.4, 0.5) is 17.1 Å². The summed E-state index contributed by atoms with van der Waals surface area (Å²) >= 11 is 5.52. The molecule has 1 fully saturated rings. The molecule has 13 heteroatoms. The number of nitro groups is 1. The van der Waals surface area contributed by atoms with Gasteiger partial charge in [0.1, 0.15) is 11.8 Å². The lowest BCUT2D eigenvalue weighted by Crippen LogP contribution is -2.33. The first kappa shape index (κ1) is 29.1. The van der Waals surface area contributed by atoms with Crippen molar-refractivity contribution in [2.75, 3.05) is 10.2 Å². The number of carbonyl (C=O) groups is 3. The average molecular weight is 702 g/mol. The molecule has 224 valence electrons. The molecular formula is C32H21BrN4O6S2. The fourth-order valence-corrected chi connectivity index (χ4v) is 8.97. The molecule has 2 aliphatic rings. The topological polar surface area (TPSA) is 132 Å². The zero-order valence-corrected chi connectivity index (χ0v) is 26.3. The van der Waals surface area contributed by atoms with E-state index in [0.717, 1.165) is 48.8 Å². The molecule has 5 aromatic rings. The number of fused-ring (bicyclic) bond motifs is 3. The molecule has 4 aromatic carbocycles. The van der Waals surface area contributed by atoms with Gasteiger partial charge in [0.2, 0.25) is 17.7 Å². The van der Waals surface area contributed by atoms with E-state index in [-0.39, 0.29) is 22.8 Å². The molecule has 0 aliphatic carbocycles. The van der Waals surface area contributed by atoms with Crippen molar-refractivity contribution in [1.82, 2.24) is 4.57 Å². The number of amides is 3. The second kappa shape index (κ2) is 11.4. The number of aromatic nitrogens is 1. The van der Waals surface area contributed by atoms with Gasteiger partial charge in [-0.15, -0.1) is 0 Å². The Kier molecular flexibility index (Phi) is 7.38. The monoisotopic (exact) mass is 700 g/mol. The summed E-state index contributed by atoms with van der Waals surface area (Å²) < 4.78 is 2.20. The van der Waals surface area contributed by atoms with Gasteiger partial charge in [0.15, 0.2) is 0 Å². The molecule has 1 saturated heterocycles. The normalized spacial score (nSPS) is 19.0. The van der Waals surface area contributed by atoms with Crippen molar-refractivity contribution in [1.29, 1.82) is 0 Å². The highest BCUT2D eigenvalue weighted by atomic mass is 79.9. The standard InChI is InChI=1S/C32H21BrN4O6S2/c33-19-10-8-18(9-11-19)25-26-27(30(40)36(29(26)39)20-12-14-21(15-13-20)37(42)43)44-31-28(25)45-32(41)35(31)16-24(38)34-23-7-3-5-17-4-1-2-6-22(17)23/h1-15,25-27H,16H2,(H,34,38)/t25-,26?,27?/m1/s1. The van der Waals surface area contributed by atoms with E-state index in [1.54, 1.807) is 6.07 Å². The van der Waals surface area contributed by atoms with Crippen LogP contribution in [0, 0.1) is 16.0 Å². The zero-order valence-electron chi connectivity index (χ0n) is 23.1. The number of imide groups is 1. The second-order valence-electron chi connectivity index (χ2n) is 10.6. The van der Waals surface area contributed by atoms with E-state index >= 15 is 0 Å². The number of rotatable bonds is 6. The van der Waals surface area contributed by atoms with E-state index in [1.165, 1.54) is 28.8 Å². The lowest BCUT2D eigenvalue weighted by Gasteiger charge is -2.30. The molecule has 0 saturated carbocycles. The van der Waals surface area contributed by atoms with Crippen LogP contribution in [0.5, 0.6) is 0 Å². The fraction of sp³-hybridized carbons (Fsp3) is 0.125. The molecule has 45 heavy (non-hydrogen) atoms. The first-order valence-electron chi connectivity index (χ1n) is 13.8. The van der Waals surface area contributed by atoms with Crippen LogP contribution in [-0.2, 0) is 20.9 Å². The third-order valence-electron chi connectivity index (χ3n) is 7.96. The third kappa shape index (κ3) is 5.06. The molecule has 1 aromatic heterocycles. The Hall–Kier alpha value is -4.59. The first-order valence-corrected chi connectivity index (χ1v) is 16.3. The van der Waals surface area contributed by atoms with E-state index in [2.05, 4.69) is 21.2 Å². The number of nitrogens with zero attached hydrogens (tertiary/aromatic N) is 3. The highest BCUT2D eigenvalue weighted by Gasteiger charge is 2.56. The zero-order chi connectivity index (χ0) is 31.4. The van der Waals surface area contributed by atoms with E-state index < -0.39 is 39.7 Å². The van der Waals surface area contributed by atoms with Gasteiger partial charge in [-0.2, -0.15) is 0 Å². The van der Waals surface area contributed by atoms with Crippen molar-refractivity contribution in [3.05, 3.63) is 126 Å². The molecule has 10 nitrogen and oxygen atoms in total. The number of thiazole rings is 1. The SMILES string of the molecule is O=C(Cn1c2c(sc1=O)[C@H](c1ccc(Br)cc1)C1C(=O)N(c3ccc([N+](=O)[O-])cc3)C(=O)C1S2)Nc1cccc2ccccc12. The van der Waals surface area contributed by atoms with Crippen LogP contribution in [-0.4, -0.2) is 32.5 Å². The molecule has 3 atom stereocenters. The molecule has 0 bridgehead atoms. The fourth-order valence-electron chi connectivity index (χ4n) is 5.93. The molecule has 7 rings (SSSR count). The molecule has 3 heterocycles. The van der Waals surface area contributed by atoms with E-state index in [4.69, 9.17) is 0 Å². The largest absolute Gasteiger partial charge is 0.324 e. The Balaban J connectivity index is 1.27. The number of non-ortho nitro benzene ring substituents is 1. The van der Waals surface area contributed by atoms with Crippen molar-refractivity contribution >= 4 is 84.6 Å². The summed E-state index contributed by atoms with van der Waals surface area (Å²) in [6.07, 6.45) is 0. The van der Waals surface area contributed by atoms with Crippen molar-refractivity contribution < 1.29 is 19.3 Å². The Labute approximate surface area is 271 Å². The summed E-state index contributed by atoms with van der Waals surface area (Å²) in [5.41, 5.74) is 1.43. The predicted octanol–water partition coefficient (Wildman–Crippen LogP) is 6.17. The summed E-state index contributed by atoms with van der Waals surface area (Å²) in [5, 5.41) is 15.5. The molecule has 0 spiro atoms. The maximum absolute atomic E-state index is 14.0. The summed E-state index contributed by atoms with van der Waals surface area (Å²) in [6, 6.07) is 25.8. The summed E-state index contributed by atoms with van der Waals surface area (Å²) in [6.45, 7) is -0.278. The molecule has 1 N–H and O–H groups in total. The van der Waals surface area contributed by atoms with Crippen molar-refractivity contribution in [2.45, 2.75) is 22.7 Å². The first-order chi connectivity index (χ1) is 21.7. The molecule has 0 radical (unpaired) electrons. The quantitative estimate of drug-likeness (QED) is 0.127. The molecule has 2 unspecified atom stereocenters. The maximum Gasteiger partial charge on any atom is 0.308 e. The van der Waals surface area contributed by atoms with Crippen molar-refractivity contribution in [3.8, 4) is 0 Å². The highest BCUT2D eigenvalue weighted by molar-refractivity contribution is 9.10. The summed E-state index contributed by atoms with van der Waals surface area (Å²) in [4.78, 5) is 66.6. The van der Waals surface area contributed by atoms with Gasteiger partial charge < -0.3 is 5.32 Å². The van der Waals surface area contributed by atoms with Gasteiger partial charge in [0.25, 0.3) is 5.69 Å². The van der Waals surface area contributed by atoms with Gasteiger partial charge in [0, 0.05) is 38.5 Å². The number of anilines is 2. The lowest BCUT2D eigenvalue weighted by atomic mass is 9.83. The predicted molar refractivity (Wildman–Crippen MR) is 176 cm³/mol. The molecule has 3 amide bonds. The van der Waals surface area contributed by atoms with E-state index in [1.807, 2.05) is 60.7 Å². The van der Waals surface area contributed by atoms with Crippen LogP contribution in [0.15, 0.2) is 105 Å². The third-order valence-corrected chi connectivity index (χ3v) is 11.1. The summed E-state index contributed by atoms with van der Waals surface area (Å²) in [7, 11) is 0. The van der Waals surface area contributed by atoms with E-state index in [0.29, 0.717) is 15.6 Å². The number of thioether (sulfide) groups is 1. The van der Waals surface area contributed by atoms with E-state index in [9.17, 15) is 29.3 Å². The number of benzene rings is 4. The second-order valence-corrected chi connectivity index (χ2v) is 13.6. The minimum Gasteiger partial charge on any atom is -0.324 e. The van der Waals surface area contributed by atoms with Crippen LogP contribution in [0.3, 0.4) is 0 Å². The number of carbonyl (C=O) groups excluding carboxylic acids is 3. The van der Waals surface area contributed by atoms with Crippen LogP contribution in [0.25, 0.3) is 10.8 Å². The number of hydrogen-bond donors (Lipinski definition) is 1.